The number of nitrogens with two attached hydrogens (primary N) is 1. The fourth-order valence-corrected chi connectivity index (χ4v) is 2.99. The molecule has 1 heterocycles. The predicted octanol–water partition coefficient (Wildman–Crippen LogP) is 2.16. The lowest BCUT2D eigenvalue weighted by atomic mass is 10.00. The number of hydrogen-bond donors (Lipinski definition) is 2. The monoisotopic (exact) mass is 285 g/mol. The van der Waals surface area contributed by atoms with Gasteiger partial charge in [0.25, 0.3) is 0 Å². The Hall–Kier alpha value is -1.14. The third-order valence-electron chi connectivity index (χ3n) is 3.17. The quantitative estimate of drug-likeness (QED) is 0.766. The van der Waals surface area contributed by atoms with E-state index in [0.717, 1.165) is 25.7 Å². The molecule has 1 rings (SSSR count). The number of nitrogens with zero attached hydrogens (tertiary/aromatic N) is 1. The second kappa shape index (κ2) is 7.45. The van der Waals surface area contributed by atoms with Crippen LogP contribution in [0.15, 0.2) is 23.2 Å². The molecule has 0 amide bonds. The summed E-state index contributed by atoms with van der Waals surface area (Å²) in [5, 5.41) is 0. The van der Waals surface area contributed by atoms with Gasteiger partial charge in [0, 0.05) is 18.8 Å². The fourth-order valence-electron chi connectivity index (χ4n) is 1.85. The highest BCUT2D eigenvalue weighted by atomic mass is 32.2. The number of aromatic nitrogens is 1. The summed E-state index contributed by atoms with van der Waals surface area (Å²) in [5.74, 6) is 0.592. The molecule has 0 saturated heterocycles. The van der Waals surface area contributed by atoms with Crippen LogP contribution in [0.1, 0.15) is 39.5 Å². The third kappa shape index (κ3) is 5.16. The first kappa shape index (κ1) is 15.9. The molecule has 0 aliphatic carbocycles. The maximum Gasteiger partial charge on any atom is 0.240 e. The van der Waals surface area contributed by atoms with Crippen LogP contribution in [0.2, 0.25) is 0 Å². The molecule has 0 fully saturated rings. The van der Waals surface area contributed by atoms with Crippen LogP contribution >= 0.6 is 0 Å². The second-order valence-corrected chi connectivity index (χ2v) is 6.45. The molecule has 1 aromatic rings. The molecule has 0 aliphatic rings. The van der Waals surface area contributed by atoms with Gasteiger partial charge in [0.1, 0.15) is 5.82 Å². The SMILES string of the molecule is CCCCC(CC)CNS(=O)(=O)c1ccnc(N)c1. The van der Waals surface area contributed by atoms with Crippen molar-refractivity contribution in [2.45, 2.75) is 44.4 Å². The predicted molar refractivity (Wildman–Crippen MR) is 77.1 cm³/mol. The Morgan fingerprint density at radius 2 is 2.16 bits per heavy atom. The van der Waals surface area contributed by atoms with Gasteiger partial charge in [0.2, 0.25) is 10.0 Å². The number of pyridine rings is 1. The Kier molecular flexibility index (Phi) is 6.24. The van der Waals surface area contributed by atoms with Crippen LogP contribution in [0.3, 0.4) is 0 Å². The van der Waals surface area contributed by atoms with E-state index in [-0.39, 0.29) is 10.7 Å². The molecule has 0 spiro atoms. The van der Waals surface area contributed by atoms with Crippen molar-refractivity contribution < 1.29 is 8.42 Å². The topological polar surface area (TPSA) is 85.1 Å². The lowest BCUT2D eigenvalue weighted by Gasteiger charge is -2.15. The maximum atomic E-state index is 12.1. The number of hydrogen-bond acceptors (Lipinski definition) is 4. The third-order valence-corrected chi connectivity index (χ3v) is 4.59. The van der Waals surface area contributed by atoms with Crippen molar-refractivity contribution in [3.8, 4) is 0 Å². The van der Waals surface area contributed by atoms with E-state index in [1.807, 2.05) is 0 Å². The van der Waals surface area contributed by atoms with Crippen molar-refractivity contribution in [2.24, 2.45) is 5.92 Å². The molecule has 19 heavy (non-hydrogen) atoms. The first-order chi connectivity index (χ1) is 8.99. The largest absolute Gasteiger partial charge is 0.384 e. The van der Waals surface area contributed by atoms with Gasteiger partial charge in [0.15, 0.2) is 0 Å². The van der Waals surface area contributed by atoms with Crippen LogP contribution in [-0.2, 0) is 10.0 Å². The molecule has 0 radical (unpaired) electrons. The summed E-state index contributed by atoms with van der Waals surface area (Å²) in [6.07, 6.45) is 5.68. The van der Waals surface area contributed by atoms with Gasteiger partial charge < -0.3 is 5.73 Å². The molecule has 0 saturated carbocycles. The van der Waals surface area contributed by atoms with Crippen molar-refractivity contribution in [1.82, 2.24) is 9.71 Å². The molecule has 108 valence electrons. The van der Waals surface area contributed by atoms with Gasteiger partial charge in [-0.25, -0.2) is 18.1 Å². The van der Waals surface area contributed by atoms with Crippen molar-refractivity contribution in [3.63, 3.8) is 0 Å². The summed E-state index contributed by atoms with van der Waals surface area (Å²) in [6.45, 7) is 4.69. The normalized spacial score (nSPS) is 13.4. The summed E-state index contributed by atoms with van der Waals surface area (Å²) in [4.78, 5) is 3.96. The highest BCUT2D eigenvalue weighted by Gasteiger charge is 2.16. The highest BCUT2D eigenvalue weighted by molar-refractivity contribution is 7.89. The Balaban J connectivity index is 2.64. The Bertz CT molecular complexity index is 488. The lowest BCUT2D eigenvalue weighted by molar-refractivity contribution is 0.443. The average Bonchev–Trinajstić information content (AvgIpc) is 2.39. The summed E-state index contributed by atoms with van der Waals surface area (Å²) < 4.78 is 26.8. The van der Waals surface area contributed by atoms with Gasteiger partial charge in [-0.1, -0.05) is 33.1 Å². The van der Waals surface area contributed by atoms with E-state index in [1.165, 1.54) is 18.3 Å². The Labute approximate surface area is 115 Å². The van der Waals surface area contributed by atoms with Gasteiger partial charge in [-0.05, 0) is 18.4 Å². The minimum absolute atomic E-state index is 0.172. The van der Waals surface area contributed by atoms with E-state index in [4.69, 9.17) is 5.73 Å². The van der Waals surface area contributed by atoms with E-state index >= 15 is 0 Å². The molecule has 0 bridgehead atoms. The number of nitrogens with one attached hydrogen (secondary N) is 1. The van der Waals surface area contributed by atoms with Crippen LogP contribution in [0.5, 0.6) is 0 Å². The van der Waals surface area contributed by atoms with E-state index < -0.39 is 10.0 Å². The van der Waals surface area contributed by atoms with Crippen molar-refractivity contribution in [3.05, 3.63) is 18.3 Å². The second-order valence-electron chi connectivity index (χ2n) is 4.68. The van der Waals surface area contributed by atoms with Crippen molar-refractivity contribution >= 4 is 15.8 Å². The molecule has 6 heteroatoms. The number of anilines is 1. The van der Waals surface area contributed by atoms with Crippen LogP contribution in [0.25, 0.3) is 0 Å². The van der Waals surface area contributed by atoms with Gasteiger partial charge in [-0.3, -0.25) is 0 Å². The highest BCUT2D eigenvalue weighted by Crippen LogP contribution is 2.14. The first-order valence-electron chi connectivity index (χ1n) is 6.70. The number of sulfonamides is 1. The number of nitrogen functional groups attached to an aromatic ring is 1. The molecule has 3 N–H and O–H groups in total. The van der Waals surface area contributed by atoms with Gasteiger partial charge in [0.05, 0.1) is 4.90 Å². The molecule has 1 aromatic heterocycles. The molecule has 5 nitrogen and oxygen atoms in total. The van der Waals surface area contributed by atoms with E-state index in [1.54, 1.807) is 0 Å². The molecule has 0 aliphatic heterocycles. The van der Waals surface area contributed by atoms with Crippen LogP contribution in [0, 0.1) is 5.92 Å². The summed E-state index contributed by atoms with van der Waals surface area (Å²) in [5.41, 5.74) is 5.50. The van der Waals surface area contributed by atoms with Crippen molar-refractivity contribution in [2.75, 3.05) is 12.3 Å². The van der Waals surface area contributed by atoms with Crippen LogP contribution in [0.4, 0.5) is 5.82 Å². The summed E-state index contributed by atoms with van der Waals surface area (Å²) in [7, 11) is -3.48. The minimum Gasteiger partial charge on any atom is -0.384 e. The van der Waals surface area contributed by atoms with Gasteiger partial charge in [-0.15, -0.1) is 0 Å². The Morgan fingerprint density at radius 1 is 1.42 bits per heavy atom. The standard InChI is InChI=1S/C13H23N3O2S/c1-3-5-6-11(4-2)10-16-19(17,18)12-7-8-15-13(14)9-12/h7-9,11,16H,3-6,10H2,1-2H3,(H2,14,15). The Morgan fingerprint density at radius 3 is 2.74 bits per heavy atom. The molecule has 1 atom stereocenters. The smallest absolute Gasteiger partial charge is 0.240 e. The van der Waals surface area contributed by atoms with Crippen LogP contribution in [-0.4, -0.2) is 19.9 Å². The number of rotatable bonds is 8. The molecule has 0 aromatic carbocycles. The van der Waals surface area contributed by atoms with Crippen LogP contribution < -0.4 is 10.5 Å². The zero-order valence-electron chi connectivity index (χ0n) is 11.6. The average molecular weight is 285 g/mol. The summed E-state index contributed by atoms with van der Waals surface area (Å²) >= 11 is 0. The minimum atomic E-state index is -3.48. The molecular formula is C13H23N3O2S. The maximum absolute atomic E-state index is 12.1. The van der Waals surface area contributed by atoms with Gasteiger partial charge in [-0.2, -0.15) is 0 Å². The lowest BCUT2D eigenvalue weighted by Crippen LogP contribution is -2.29. The molecular weight excluding hydrogens is 262 g/mol. The summed E-state index contributed by atoms with van der Waals surface area (Å²) in [6, 6.07) is 2.82. The van der Waals surface area contributed by atoms with E-state index in [0.29, 0.717) is 12.5 Å². The van der Waals surface area contributed by atoms with Crippen molar-refractivity contribution in [1.29, 1.82) is 0 Å². The zero-order valence-corrected chi connectivity index (χ0v) is 12.4. The molecule has 1 unspecified atom stereocenters. The van der Waals surface area contributed by atoms with E-state index in [9.17, 15) is 8.42 Å². The zero-order chi connectivity index (χ0) is 14.3. The van der Waals surface area contributed by atoms with Gasteiger partial charge >= 0.3 is 0 Å². The number of unbranched alkanes of at least 4 members (excludes halogenated alkanes) is 1. The fraction of sp³-hybridized carbons (Fsp3) is 0.615. The van der Waals surface area contributed by atoms with E-state index in [2.05, 4.69) is 23.6 Å². The first-order valence-corrected chi connectivity index (χ1v) is 8.19.